The summed E-state index contributed by atoms with van der Waals surface area (Å²) in [6, 6.07) is 8.27. The summed E-state index contributed by atoms with van der Waals surface area (Å²) in [5.74, 6) is 0. The van der Waals surface area contributed by atoms with E-state index in [0.717, 1.165) is 41.0 Å². The lowest BCUT2D eigenvalue weighted by atomic mass is 10.0. The van der Waals surface area contributed by atoms with Crippen molar-refractivity contribution in [1.29, 1.82) is 0 Å². The van der Waals surface area contributed by atoms with E-state index in [4.69, 9.17) is 0 Å². The monoisotopic (exact) mass is 457 g/mol. The Labute approximate surface area is 168 Å². The molecule has 2 aromatic rings. The van der Waals surface area contributed by atoms with Crippen molar-refractivity contribution in [1.82, 2.24) is 14.2 Å². The fourth-order valence-corrected chi connectivity index (χ4v) is 5.96. The SMILES string of the molecule is CC(C)N1CCC(N(C)S(=O)(=O)c2csc(-c3ccc(Br)cc3)n2)CC1. The molecule has 0 saturated carbocycles. The van der Waals surface area contributed by atoms with Crippen LogP contribution < -0.4 is 0 Å². The van der Waals surface area contributed by atoms with Crippen LogP contribution in [0.3, 0.4) is 0 Å². The van der Waals surface area contributed by atoms with Gasteiger partial charge >= 0.3 is 0 Å². The third kappa shape index (κ3) is 4.20. The van der Waals surface area contributed by atoms with Crippen molar-refractivity contribution < 1.29 is 8.42 Å². The Morgan fingerprint density at radius 2 is 1.85 bits per heavy atom. The van der Waals surface area contributed by atoms with Gasteiger partial charge in [-0.1, -0.05) is 28.1 Å². The number of benzene rings is 1. The fourth-order valence-electron chi connectivity index (χ4n) is 3.21. The number of thiazole rings is 1. The van der Waals surface area contributed by atoms with Crippen LogP contribution in [0.15, 0.2) is 39.1 Å². The van der Waals surface area contributed by atoms with E-state index < -0.39 is 10.0 Å². The van der Waals surface area contributed by atoms with Crippen molar-refractivity contribution in [2.75, 3.05) is 20.1 Å². The van der Waals surface area contributed by atoms with Gasteiger partial charge in [0, 0.05) is 34.5 Å². The van der Waals surface area contributed by atoms with E-state index in [1.165, 1.54) is 15.6 Å². The zero-order chi connectivity index (χ0) is 18.9. The number of hydrogen-bond donors (Lipinski definition) is 0. The van der Waals surface area contributed by atoms with Gasteiger partial charge in [-0.3, -0.25) is 0 Å². The van der Waals surface area contributed by atoms with Gasteiger partial charge in [0.05, 0.1) is 0 Å². The summed E-state index contributed by atoms with van der Waals surface area (Å²) in [7, 11) is -1.88. The van der Waals surface area contributed by atoms with Crippen molar-refractivity contribution in [2.24, 2.45) is 0 Å². The van der Waals surface area contributed by atoms with Crippen molar-refractivity contribution in [3.8, 4) is 10.6 Å². The topological polar surface area (TPSA) is 53.5 Å². The molecule has 2 heterocycles. The molecule has 8 heteroatoms. The molecular formula is C18H24BrN3O2S2. The lowest BCUT2D eigenvalue weighted by molar-refractivity contribution is 0.140. The Hall–Kier alpha value is -0.800. The second-order valence-electron chi connectivity index (χ2n) is 6.88. The number of hydrogen-bond acceptors (Lipinski definition) is 5. The molecule has 0 spiro atoms. The van der Waals surface area contributed by atoms with E-state index in [1.54, 1.807) is 12.4 Å². The predicted molar refractivity (Wildman–Crippen MR) is 110 cm³/mol. The first-order valence-electron chi connectivity index (χ1n) is 8.72. The maximum Gasteiger partial charge on any atom is 0.261 e. The average molecular weight is 458 g/mol. The molecule has 3 rings (SSSR count). The first-order chi connectivity index (χ1) is 12.3. The molecule has 142 valence electrons. The van der Waals surface area contributed by atoms with Crippen LogP contribution in [0, 0.1) is 0 Å². The molecule has 1 aromatic carbocycles. The van der Waals surface area contributed by atoms with Crippen LogP contribution in [0.1, 0.15) is 26.7 Å². The summed E-state index contributed by atoms with van der Waals surface area (Å²) in [6.45, 7) is 6.23. The molecule has 1 aromatic heterocycles. The quantitative estimate of drug-likeness (QED) is 0.678. The van der Waals surface area contributed by atoms with Crippen LogP contribution in [0.5, 0.6) is 0 Å². The standard InChI is InChI=1S/C18H24BrN3O2S2/c1-13(2)22-10-8-16(9-11-22)21(3)26(23,24)17-12-25-18(20-17)14-4-6-15(19)7-5-14/h4-7,12-13,16H,8-11H2,1-3H3. The molecule has 0 bridgehead atoms. The Bertz CT molecular complexity index is 842. The minimum Gasteiger partial charge on any atom is -0.301 e. The molecule has 0 radical (unpaired) electrons. The van der Waals surface area contributed by atoms with Crippen molar-refractivity contribution >= 4 is 37.3 Å². The number of halogens is 1. The zero-order valence-corrected chi connectivity index (χ0v) is 18.4. The second kappa shape index (κ2) is 8.06. The Morgan fingerprint density at radius 1 is 1.23 bits per heavy atom. The van der Waals surface area contributed by atoms with Gasteiger partial charge in [0.15, 0.2) is 5.03 Å². The summed E-state index contributed by atoms with van der Waals surface area (Å²) in [5.41, 5.74) is 0.924. The molecule has 1 aliphatic rings. The largest absolute Gasteiger partial charge is 0.301 e. The lowest BCUT2D eigenvalue weighted by Crippen LogP contribution is -2.47. The van der Waals surface area contributed by atoms with E-state index in [1.807, 2.05) is 24.3 Å². The van der Waals surface area contributed by atoms with Gasteiger partial charge in [0.1, 0.15) is 5.01 Å². The maximum atomic E-state index is 13.0. The van der Waals surface area contributed by atoms with Crippen LogP contribution in [0.25, 0.3) is 10.6 Å². The molecular weight excluding hydrogens is 434 g/mol. The number of sulfonamides is 1. The first-order valence-corrected chi connectivity index (χ1v) is 11.8. The summed E-state index contributed by atoms with van der Waals surface area (Å²) in [4.78, 5) is 6.80. The molecule has 1 aliphatic heterocycles. The number of likely N-dealkylation sites (tertiary alicyclic amines) is 1. The first kappa shape index (κ1) is 19.9. The van der Waals surface area contributed by atoms with Crippen LogP contribution in [-0.2, 0) is 10.0 Å². The predicted octanol–water partition coefficient (Wildman–Crippen LogP) is 4.07. The summed E-state index contributed by atoms with van der Waals surface area (Å²) >= 11 is 4.77. The number of aromatic nitrogens is 1. The minimum atomic E-state index is -3.57. The average Bonchev–Trinajstić information content (AvgIpc) is 3.12. The van der Waals surface area contributed by atoms with Crippen molar-refractivity contribution in [3.05, 3.63) is 34.1 Å². The van der Waals surface area contributed by atoms with Gasteiger partial charge in [0.2, 0.25) is 0 Å². The third-order valence-corrected chi connectivity index (χ3v) is 8.32. The number of rotatable bonds is 5. The van der Waals surface area contributed by atoms with Crippen LogP contribution in [0.4, 0.5) is 0 Å². The van der Waals surface area contributed by atoms with Crippen molar-refractivity contribution in [3.63, 3.8) is 0 Å². The highest BCUT2D eigenvalue weighted by atomic mass is 79.9. The maximum absolute atomic E-state index is 13.0. The molecule has 5 nitrogen and oxygen atoms in total. The summed E-state index contributed by atoms with van der Waals surface area (Å²) in [6.07, 6.45) is 1.72. The normalized spacial score (nSPS) is 17.3. The molecule has 0 amide bonds. The Kier molecular flexibility index (Phi) is 6.18. The van der Waals surface area contributed by atoms with Gasteiger partial charge in [-0.25, -0.2) is 13.4 Å². The second-order valence-corrected chi connectivity index (χ2v) is 10.6. The van der Waals surface area contributed by atoms with E-state index in [0.29, 0.717) is 6.04 Å². The highest BCUT2D eigenvalue weighted by molar-refractivity contribution is 9.10. The van der Waals surface area contributed by atoms with Gasteiger partial charge in [-0.05, 0) is 51.9 Å². The van der Waals surface area contributed by atoms with Crippen LogP contribution in [0.2, 0.25) is 0 Å². The zero-order valence-electron chi connectivity index (χ0n) is 15.2. The van der Waals surface area contributed by atoms with Gasteiger partial charge in [-0.2, -0.15) is 4.31 Å². The van der Waals surface area contributed by atoms with Gasteiger partial charge in [0.25, 0.3) is 10.0 Å². The molecule has 0 atom stereocenters. The summed E-state index contributed by atoms with van der Waals surface area (Å²) < 4.78 is 28.5. The molecule has 0 aliphatic carbocycles. The Morgan fingerprint density at radius 3 is 2.42 bits per heavy atom. The molecule has 1 saturated heterocycles. The Balaban J connectivity index is 1.75. The van der Waals surface area contributed by atoms with E-state index in [2.05, 4.69) is 39.7 Å². The van der Waals surface area contributed by atoms with Crippen molar-refractivity contribution in [2.45, 2.75) is 43.8 Å². The highest BCUT2D eigenvalue weighted by Gasteiger charge is 2.32. The number of nitrogens with zero attached hydrogens (tertiary/aromatic N) is 3. The van der Waals surface area contributed by atoms with Gasteiger partial charge in [-0.15, -0.1) is 11.3 Å². The van der Waals surface area contributed by atoms with Crippen LogP contribution in [-0.4, -0.2) is 54.8 Å². The van der Waals surface area contributed by atoms with E-state index in [-0.39, 0.29) is 11.1 Å². The fraction of sp³-hybridized carbons (Fsp3) is 0.500. The van der Waals surface area contributed by atoms with Crippen LogP contribution >= 0.6 is 27.3 Å². The molecule has 0 unspecified atom stereocenters. The molecule has 26 heavy (non-hydrogen) atoms. The minimum absolute atomic E-state index is 0.0350. The van der Waals surface area contributed by atoms with E-state index in [9.17, 15) is 8.42 Å². The summed E-state index contributed by atoms with van der Waals surface area (Å²) in [5, 5.41) is 2.51. The van der Waals surface area contributed by atoms with E-state index >= 15 is 0 Å². The smallest absolute Gasteiger partial charge is 0.261 e. The highest BCUT2D eigenvalue weighted by Crippen LogP contribution is 2.29. The lowest BCUT2D eigenvalue weighted by Gasteiger charge is -2.37. The number of piperidine rings is 1. The third-order valence-electron chi connectivity index (χ3n) is 4.96. The molecule has 0 N–H and O–H groups in total. The van der Waals surface area contributed by atoms with Gasteiger partial charge < -0.3 is 4.90 Å². The molecule has 1 fully saturated rings.